The fraction of sp³-hybridized carbons (Fsp3) is 0.526. The van der Waals surface area contributed by atoms with Gasteiger partial charge >= 0.3 is 0 Å². The summed E-state index contributed by atoms with van der Waals surface area (Å²) >= 11 is 0. The highest BCUT2D eigenvalue weighted by Crippen LogP contribution is 2.36. The quantitative estimate of drug-likeness (QED) is 0.346. The number of fused-ring (bicyclic) bond motifs is 2. The van der Waals surface area contributed by atoms with Crippen LogP contribution in [-0.2, 0) is 26.7 Å². The summed E-state index contributed by atoms with van der Waals surface area (Å²) in [4.78, 5) is 57.0. The van der Waals surface area contributed by atoms with E-state index in [1.54, 1.807) is 7.05 Å². The molecule has 0 radical (unpaired) electrons. The zero-order chi connectivity index (χ0) is 25.9. The van der Waals surface area contributed by atoms with E-state index in [9.17, 15) is 27.6 Å². The molecule has 4 amide bonds. The van der Waals surface area contributed by atoms with Crippen molar-refractivity contribution in [2.75, 3.05) is 13.1 Å². The second-order valence-electron chi connectivity index (χ2n) is 9.12. The zero-order valence-corrected chi connectivity index (χ0v) is 20.0. The number of carbonyl (C=O) groups excluding carboxylic acids is 4. The topological polar surface area (TPSA) is 222 Å². The van der Waals surface area contributed by atoms with E-state index in [-0.39, 0.29) is 54.2 Å². The van der Waals surface area contributed by atoms with Crippen LogP contribution in [-0.4, -0.2) is 97.6 Å². The first-order chi connectivity index (χ1) is 17.0. The summed E-state index contributed by atoms with van der Waals surface area (Å²) in [6.45, 7) is 0.229. The van der Waals surface area contributed by atoms with E-state index in [1.807, 2.05) is 0 Å². The molecule has 3 saturated heterocycles. The molecule has 0 aromatic carbocycles. The summed E-state index contributed by atoms with van der Waals surface area (Å²) in [6, 6.07) is -2.83. The molecule has 0 aliphatic carbocycles. The van der Waals surface area contributed by atoms with Gasteiger partial charge in [-0.3, -0.25) is 19.2 Å². The summed E-state index contributed by atoms with van der Waals surface area (Å²) in [7, 11) is -2.25. The summed E-state index contributed by atoms with van der Waals surface area (Å²) in [5.41, 5.74) is 10.00. The van der Waals surface area contributed by atoms with Gasteiger partial charge in [-0.2, -0.15) is 0 Å². The Balaban J connectivity index is 1.35. The number of carbonyl (C=O) groups is 4. The second-order valence-corrected chi connectivity index (χ2v) is 10.8. The normalized spacial score (nSPS) is 26.1. The summed E-state index contributed by atoms with van der Waals surface area (Å²) < 4.78 is 30.6. The van der Waals surface area contributed by atoms with Gasteiger partial charge in [-0.15, -0.1) is 5.10 Å². The number of primary amides is 2. The monoisotopic (exact) mass is 520 g/mol. The maximum atomic E-state index is 13.4. The van der Waals surface area contributed by atoms with Crippen molar-refractivity contribution in [1.82, 2.24) is 39.1 Å². The molecule has 192 valence electrons. The average Bonchev–Trinajstić information content (AvgIpc) is 3.54. The molecule has 3 aliphatic heterocycles. The van der Waals surface area contributed by atoms with E-state index in [4.69, 9.17) is 11.5 Å². The number of aromatic nitrogens is 5. The zero-order valence-electron chi connectivity index (χ0n) is 19.1. The molecule has 3 aliphatic rings. The lowest BCUT2D eigenvalue weighted by atomic mass is 9.93. The van der Waals surface area contributed by atoms with Gasteiger partial charge in [0.2, 0.25) is 11.8 Å². The first kappa shape index (κ1) is 23.9. The minimum absolute atomic E-state index is 0.0335. The number of nitrogens with zero attached hydrogens (tertiary/aromatic N) is 7. The molecule has 0 saturated carbocycles. The fourth-order valence-electron chi connectivity index (χ4n) is 5.17. The number of aryl methyl sites for hydroxylation is 1. The van der Waals surface area contributed by atoms with Crippen molar-refractivity contribution >= 4 is 33.7 Å². The van der Waals surface area contributed by atoms with Crippen LogP contribution < -0.4 is 16.2 Å². The molecular weight excluding hydrogens is 496 g/mol. The van der Waals surface area contributed by atoms with E-state index in [0.29, 0.717) is 6.42 Å². The van der Waals surface area contributed by atoms with Gasteiger partial charge in [-0.1, -0.05) is 5.21 Å². The van der Waals surface area contributed by atoms with Crippen LogP contribution in [0, 0.1) is 0 Å². The molecule has 16 nitrogen and oxygen atoms in total. The molecule has 2 aromatic heterocycles. The highest BCUT2D eigenvalue weighted by Gasteiger charge is 2.53. The third kappa shape index (κ3) is 3.79. The predicted molar refractivity (Wildman–Crippen MR) is 118 cm³/mol. The van der Waals surface area contributed by atoms with Crippen LogP contribution in [0.15, 0.2) is 17.6 Å². The Morgan fingerprint density at radius 2 is 1.78 bits per heavy atom. The molecule has 17 heteroatoms. The van der Waals surface area contributed by atoms with Crippen molar-refractivity contribution in [3.8, 4) is 0 Å². The van der Waals surface area contributed by atoms with E-state index < -0.39 is 46.0 Å². The largest absolute Gasteiger partial charge is 0.364 e. The molecule has 4 atom stereocenters. The number of amides is 4. The number of piperidine rings is 1. The lowest BCUT2D eigenvalue weighted by Gasteiger charge is -2.46. The molecule has 5 N–H and O–H groups in total. The maximum absolute atomic E-state index is 13.4. The van der Waals surface area contributed by atoms with Gasteiger partial charge in [0.15, 0.2) is 16.4 Å². The lowest BCUT2D eigenvalue weighted by molar-refractivity contribution is -0.161. The van der Waals surface area contributed by atoms with Crippen molar-refractivity contribution < 1.29 is 27.6 Å². The van der Waals surface area contributed by atoms with Crippen LogP contribution >= 0.6 is 0 Å². The van der Waals surface area contributed by atoms with Gasteiger partial charge in [0.05, 0.1) is 12.4 Å². The Hall–Kier alpha value is -3.86. The summed E-state index contributed by atoms with van der Waals surface area (Å²) in [5, 5.41) is 7.36. The maximum Gasteiger partial charge on any atom is 0.271 e. The van der Waals surface area contributed by atoms with Crippen molar-refractivity contribution in [3.05, 3.63) is 23.9 Å². The van der Waals surface area contributed by atoms with E-state index in [0.717, 1.165) is 4.68 Å². The molecule has 3 fully saturated rings. The van der Waals surface area contributed by atoms with Crippen LogP contribution in [0.3, 0.4) is 0 Å². The van der Waals surface area contributed by atoms with Crippen LogP contribution in [0.25, 0.3) is 0 Å². The number of nitrogens with one attached hydrogen (secondary N) is 1. The van der Waals surface area contributed by atoms with E-state index in [1.165, 1.54) is 26.9 Å². The third-order valence-corrected chi connectivity index (χ3v) is 8.21. The molecule has 0 bridgehead atoms. The molecule has 0 unspecified atom stereocenters. The number of hydrogen-bond donors (Lipinski definition) is 3. The minimum atomic E-state index is -3.90. The number of rotatable bonds is 6. The van der Waals surface area contributed by atoms with Crippen LogP contribution in [0.5, 0.6) is 0 Å². The number of sulfonamides is 1. The van der Waals surface area contributed by atoms with Gasteiger partial charge in [0, 0.05) is 38.8 Å². The Kier molecular flexibility index (Phi) is 5.55. The number of nitrogens with two attached hydrogens (primary N) is 2. The SMILES string of the molecule is Cn1cnc(S(=O)(=O)N[C@H]2CCN3C(=O)[C@@H]4C[C@H](n5nnc(C(N)=O)c5C(N)=O)CN4C(=O)[C@@H]3C2)c1. The van der Waals surface area contributed by atoms with Gasteiger partial charge in [-0.05, 0) is 12.8 Å². The summed E-state index contributed by atoms with van der Waals surface area (Å²) in [6.07, 6.45) is 3.32. The smallest absolute Gasteiger partial charge is 0.271 e. The molecule has 5 heterocycles. The van der Waals surface area contributed by atoms with Gasteiger partial charge < -0.3 is 25.8 Å². The Labute approximate surface area is 204 Å². The van der Waals surface area contributed by atoms with E-state index >= 15 is 0 Å². The highest BCUT2D eigenvalue weighted by molar-refractivity contribution is 7.89. The van der Waals surface area contributed by atoms with Gasteiger partial charge in [-0.25, -0.2) is 22.8 Å². The molecule has 36 heavy (non-hydrogen) atoms. The van der Waals surface area contributed by atoms with Crippen molar-refractivity contribution in [2.45, 2.75) is 48.5 Å². The van der Waals surface area contributed by atoms with Gasteiger partial charge in [0.25, 0.3) is 21.8 Å². The number of piperazine rings is 1. The van der Waals surface area contributed by atoms with Crippen LogP contribution in [0.1, 0.15) is 46.3 Å². The molecule has 2 aromatic rings. The predicted octanol–water partition coefficient (Wildman–Crippen LogP) is -3.30. The Morgan fingerprint density at radius 1 is 1.08 bits per heavy atom. The average molecular weight is 521 g/mol. The first-order valence-electron chi connectivity index (χ1n) is 11.1. The Morgan fingerprint density at radius 3 is 2.42 bits per heavy atom. The van der Waals surface area contributed by atoms with Crippen LogP contribution in [0.2, 0.25) is 0 Å². The minimum Gasteiger partial charge on any atom is -0.364 e. The third-order valence-electron chi connectivity index (χ3n) is 6.80. The molecule has 5 rings (SSSR count). The second kappa shape index (κ2) is 8.37. The van der Waals surface area contributed by atoms with Crippen molar-refractivity contribution in [2.24, 2.45) is 18.5 Å². The van der Waals surface area contributed by atoms with Gasteiger partial charge in [0.1, 0.15) is 12.1 Å². The van der Waals surface area contributed by atoms with Crippen molar-refractivity contribution in [3.63, 3.8) is 0 Å². The Bertz CT molecular complexity index is 1380. The van der Waals surface area contributed by atoms with E-state index in [2.05, 4.69) is 20.0 Å². The fourth-order valence-corrected chi connectivity index (χ4v) is 6.44. The number of hydrogen-bond acceptors (Lipinski definition) is 9. The van der Waals surface area contributed by atoms with Crippen LogP contribution in [0.4, 0.5) is 0 Å². The number of imidazole rings is 1. The molecule has 0 spiro atoms. The standard InChI is InChI=1S/C19H24N10O6S/c1-26-7-13(22-8-26)36(34,35)24-9-2-3-27-11(4-9)19(33)28-6-10(5-12(28)18(27)32)29-15(17(21)31)14(16(20)30)23-25-29/h7-12,24H,2-6H2,1H3,(H2,20,30)(H2,21,31)/t9-,10-,11-,12-/m0/s1. The molecular formula is C19H24N10O6S. The lowest BCUT2D eigenvalue weighted by Crippen LogP contribution is -2.66. The first-order valence-corrected chi connectivity index (χ1v) is 12.6. The highest BCUT2D eigenvalue weighted by atomic mass is 32.2. The summed E-state index contributed by atoms with van der Waals surface area (Å²) in [5.74, 6) is -2.55. The van der Waals surface area contributed by atoms with Crippen molar-refractivity contribution in [1.29, 1.82) is 0 Å².